The number of hydrogen-bond acceptors (Lipinski definition) is 2. The molecule has 2 amide bonds. The molecule has 1 rings (SSSR count). The van der Waals surface area contributed by atoms with Crippen molar-refractivity contribution in [2.45, 2.75) is 39.8 Å². The second-order valence-corrected chi connectivity index (χ2v) is 5.81. The molecule has 0 aromatic carbocycles. The van der Waals surface area contributed by atoms with E-state index in [4.69, 9.17) is 0 Å². The van der Waals surface area contributed by atoms with Gasteiger partial charge in [0.25, 0.3) is 0 Å². The molecule has 1 atom stereocenters. The summed E-state index contributed by atoms with van der Waals surface area (Å²) in [5.74, 6) is -1.25. The fourth-order valence-electron chi connectivity index (χ4n) is 2.54. The molecule has 1 unspecified atom stereocenters. The van der Waals surface area contributed by atoms with Gasteiger partial charge in [-0.1, -0.05) is 5.57 Å². The van der Waals surface area contributed by atoms with Crippen molar-refractivity contribution in [2.24, 2.45) is 5.92 Å². The second kappa shape index (κ2) is 7.65. The molecule has 1 aliphatic rings. The molecule has 0 aromatic rings. The Balaban J connectivity index is 2.73. The number of carbonyl (C=O) groups excluding carboxylic acids is 2. The Hall–Kier alpha value is -1.53. The predicted molar refractivity (Wildman–Crippen MR) is 77.0 cm³/mol. The number of alkyl halides is 3. The number of hydrogen-bond donors (Lipinski definition) is 0. The first-order valence-electron chi connectivity index (χ1n) is 7.43. The van der Waals surface area contributed by atoms with Crippen molar-refractivity contribution in [3.63, 3.8) is 0 Å². The van der Waals surface area contributed by atoms with E-state index in [-0.39, 0.29) is 19.0 Å². The monoisotopic (exact) mass is 320 g/mol. The third kappa shape index (κ3) is 5.69. The lowest BCUT2D eigenvalue weighted by atomic mass is 9.96. The van der Waals surface area contributed by atoms with E-state index >= 15 is 0 Å². The lowest BCUT2D eigenvalue weighted by Crippen LogP contribution is -2.48. The van der Waals surface area contributed by atoms with Crippen molar-refractivity contribution < 1.29 is 22.8 Å². The average Bonchev–Trinajstić information content (AvgIpc) is 2.42. The molecule has 0 radical (unpaired) electrons. The molecule has 0 saturated carbocycles. The van der Waals surface area contributed by atoms with Crippen LogP contribution in [0.4, 0.5) is 13.2 Å². The average molecular weight is 320 g/mol. The maximum Gasteiger partial charge on any atom is 0.406 e. The van der Waals surface area contributed by atoms with Crippen LogP contribution in [-0.2, 0) is 9.59 Å². The van der Waals surface area contributed by atoms with E-state index in [9.17, 15) is 22.8 Å². The number of halogens is 3. The van der Waals surface area contributed by atoms with Crippen molar-refractivity contribution in [2.75, 3.05) is 26.2 Å². The van der Waals surface area contributed by atoms with Crippen LogP contribution in [0.1, 0.15) is 33.6 Å². The molecule has 22 heavy (non-hydrogen) atoms. The van der Waals surface area contributed by atoms with Gasteiger partial charge in [-0.05, 0) is 33.6 Å². The predicted octanol–water partition coefficient (Wildman–Crippen LogP) is 2.60. The molecule has 1 aliphatic heterocycles. The van der Waals surface area contributed by atoms with Crippen LogP contribution in [-0.4, -0.2) is 54.0 Å². The van der Waals surface area contributed by atoms with Gasteiger partial charge in [-0.2, -0.15) is 13.2 Å². The summed E-state index contributed by atoms with van der Waals surface area (Å²) in [6.07, 6.45) is -1.77. The minimum atomic E-state index is -4.40. The van der Waals surface area contributed by atoms with Crippen molar-refractivity contribution >= 4 is 11.8 Å². The molecule has 0 N–H and O–H groups in total. The van der Waals surface area contributed by atoms with Gasteiger partial charge in [0.1, 0.15) is 6.54 Å². The zero-order valence-electron chi connectivity index (χ0n) is 13.2. The van der Waals surface area contributed by atoms with Gasteiger partial charge < -0.3 is 9.80 Å². The molecule has 126 valence electrons. The first kappa shape index (κ1) is 18.5. The van der Waals surface area contributed by atoms with Crippen LogP contribution in [0, 0.1) is 5.92 Å². The molecule has 0 bridgehead atoms. The number of rotatable bonds is 4. The van der Waals surface area contributed by atoms with E-state index in [2.05, 4.69) is 0 Å². The Labute approximate surface area is 128 Å². The summed E-state index contributed by atoms with van der Waals surface area (Å²) < 4.78 is 37.5. The van der Waals surface area contributed by atoms with Gasteiger partial charge in [0, 0.05) is 25.7 Å². The van der Waals surface area contributed by atoms with Crippen LogP contribution in [0.15, 0.2) is 11.6 Å². The molecule has 7 heteroatoms. The number of allylic oxidation sites excluding steroid dienone is 1. The van der Waals surface area contributed by atoms with Gasteiger partial charge in [-0.25, -0.2) is 0 Å². The first-order valence-corrected chi connectivity index (χ1v) is 7.43. The summed E-state index contributed by atoms with van der Waals surface area (Å²) in [5.41, 5.74) is 0.853. The SMILES string of the molecule is CCN(CC(F)(F)F)C(=O)C1CCCN(C(=O)C=C(C)C)C1. The lowest BCUT2D eigenvalue weighted by molar-refractivity contribution is -0.164. The molecule has 0 aromatic heterocycles. The minimum Gasteiger partial charge on any atom is -0.338 e. The fraction of sp³-hybridized carbons (Fsp3) is 0.733. The third-order valence-electron chi connectivity index (χ3n) is 3.56. The zero-order valence-corrected chi connectivity index (χ0v) is 13.2. The summed E-state index contributed by atoms with van der Waals surface area (Å²) in [6.45, 7) is 4.63. The van der Waals surface area contributed by atoms with Crippen LogP contribution < -0.4 is 0 Å². The number of piperidine rings is 1. The highest BCUT2D eigenvalue weighted by molar-refractivity contribution is 5.89. The van der Waals surface area contributed by atoms with Crippen molar-refractivity contribution in [1.82, 2.24) is 9.80 Å². The Bertz CT molecular complexity index is 443. The first-order chi connectivity index (χ1) is 10.1. The van der Waals surface area contributed by atoms with E-state index in [1.54, 1.807) is 18.7 Å². The number of carbonyl (C=O) groups is 2. The largest absolute Gasteiger partial charge is 0.406 e. The quantitative estimate of drug-likeness (QED) is 0.747. The number of amides is 2. The molecular weight excluding hydrogens is 297 g/mol. The van der Waals surface area contributed by atoms with E-state index in [0.29, 0.717) is 19.4 Å². The lowest BCUT2D eigenvalue weighted by Gasteiger charge is -2.34. The summed E-state index contributed by atoms with van der Waals surface area (Å²) >= 11 is 0. The highest BCUT2D eigenvalue weighted by atomic mass is 19.4. The maximum absolute atomic E-state index is 12.5. The summed E-state index contributed by atoms with van der Waals surface area (Å²) in [5, 5.41) is 0. The molecule has 1 heterocycles. The summed E-state index contributed by atoms with van der Waals surface area (Å²) in [7, 11) is 0. The normalized spacial score (nSPS) is 18.8. The maximum atomic E-state index is 12.5. The zero-order chi connectivity index (χ0) is 16.9. The molecular formula is C15H23F3N2O2. The van der Waals surface area contributed by atoms with Crippen LogP contribution in [0.2, 0.25) is 0 Å². The van der Waals surface area contributed by atoms with Crippen molar-refractivity contribution in [1.29, 1.82) is 0 Å². The molecule has 1 fully saturated rings. The summed E-state index contributed by atoms with van der Waals surface area (Å²) in [4.78, 5) is 26.6. The van der Waals surface area contributed by atoms with Crippen LogP contribution >= 0.6 is 0 Å². The standard InChI is InChI=1S/C15H23F3N2O2/c1-4-19(10-15(16,17)18)14(22)12-6-5-7-20(9-12)13(21)8-11(2)3/h8,12H,4-7,9-10H2,1-3H3. The van der Waals surface area contributed by atoms with E-state index < -0.39 is 24.5 Å². The third-order valence-corrected chi connectivity index (χ3v) is 3.56. The molecule has 1 saturated heterocycles. The summed E-state index contributed by atoms with van der Waals surface area (Å²) in [6, 6.07) is 0. The Morgan fingerprint density at radius 3 is 2.45 bits per heavy atom. The van der Waals surface area contributed by atoms with E-state index in [0.717, 1.165) is 10.5 Å². The smallest absolute Gasteiger partial charge is 0.338 e. The van der Waals surface area contributed by atoms with Crippen LogP contribution in [0.25, 0.3) is 0 Å². The Morgan fingerprint density at radius 2 is 1.95 bits per heavy atom. The Kier molecular flexibility index (Phi) is 6.44. The number of likely N-dealkylation sites (tertiary alicyclic amines) is 1. The topological polar surface area (TPSA) is 40.6 Å². The minimum absolute atomic E-state index is 0.0107. The molecule has 0 aliphatic carbocycles. The fourth-order valence-corrected chi connectivity index (χ4v) is 2.54. The van der Waals surface area contributed by atoms with Gasteiger partial charge in [0.05, 0.1) is 5.92 Å². The van der Waals surface area contributed by atoms with Gasteiger partial charge >= 0.3 is 6.18 Å². The second-order valence-electron chi connectivity index (χ2n) is 5.81. The van der Waals surface area contributed by atoms with Crippen molar-refractivity contribution in [3.05, 3.63) is 11.6 Å². The highest BCUT2D eigenvalue weighted by Gasteiger charge is 2.36. The van der Waals surface area contributed by atoms with Crippen LogP contribution in [0.3, 0.4) is 0 Å². The van der Waals surface area contributed by atoms with Gasteiger partial charge in [0.15, 0.2) is 0 Å². The molecule has 0 spiro atoms. The van der Waals surface area contributed by atoms with Crippen molar-refractivity contribution in [3.8, 4) is 0 Å². The van der Waals surface area contributed by atoms with Gasteiger partial charge in [0.2, 0.25) is 11.8 Å². The number of nitrogens with zero attached hydrogens (tertiary/aromatic N) is 2. The van der Waals surface area contributed by atoms with E-state index in [1.807, 2.05) is 0 Å². The highest BCUT2D eigenvalue weighted by Crippen LogP contribution is 2.22. The van der Waals surface area contributed by atoms with Gasteiger partial charge in [-0.3, -0.25) is 9.59 Å². The van der Waals surface area contributed by atoms with Crippen LogP contribution in [0.5, 0.6) is 0 Å². The Morgan fingerprint density at radius 1 is 1.32 bits per heavy atom. The van der Waals surface area contributed by atoms with Gasteiger partial charge in [-0.15, -0.1) is 0 Å². The molecule has 4 nitrogen and oxygen atoms in total. The van der Waals surface area contributed by atoms with E-state index in [1.165, 1.54) is 13.0 Å².